The summed E-state index contributed by atoms with van der Waals surface area (Å²) < 4.78 is 6.44. The van der Waals surface area contributed by atoms with E-state index in [1.54, 1.807) is 26.2 Å². The largest absolute Gasteiger partial charge is 0.497 e. The lowest BCUT2D eigenvalue weighted by molar-refractivity contribution is 0.415. The molecule has 8 nitrogen and oxygen atoms in total. The van der Waals surface area contributed by atoms with E-state index in [0.29, 0.717) is 24.4 Å². The number of aryl methyl sites for hydroxylation is 3. The van der Waals surface area contributed by atoms with E-state index < -0.39 is 17.1 Å². The average Bonchev–Trinajstić information content (AvgIpc) is 3.10. The Morgan fingerprint density at radius 3 is 2.53 bits per heavy atom. The van der Waals surface area contributed by atoms with Gasteiger partial charge in [0.2, 0.25) is 5.88 Å². The highest BCUT2D eigenvalue weighted by atomic mass is 16.5. The molecule has 0 saturated heterocycles. The SMILES string of the molecule is COc1ccc2[nH]c(C)c(CCN=C(C)c3c(O)n(-c4ccc(C)c(C)c4)c(=O)[nH]c3=O)c2c1. The van der Waals surface area contributed by atoms with E-state index >= 15 is 0 Å². The lowest BCUT2D eigenvalue weighted by Gasteiger charge is -2.13. The molecule has 176 valence electrons. The van der Waals surface area contributed by atoms with Crippen LogP contribution in [-0.2, 0) is 6.42 Å². The Morgan fingerprint density at radius 1 is 1.06 bits per heavy atom. The van der Waals surface area contributed by atoms with Gasteiger partial charge in [-0.15, -0.1) is 0 Å². The van der Waals surface area contributed by atoms with Crippen LogP contribution >= 0.6 is 0 Å². The highest BCUT2D eigenvalue weighted by molar-refractivity contribution is 6.00. The lowest BCUT2D eigenvalue weighted by atomic mass is 10.1. The molecule has 2 aromatic carbocycles. The Hall–Kier alpha value is -4.07. The number of nitrogens with one attached hydrogen (secondary N) is 2. The number of hydrogen-bond donors (Lipinski definition) is 3. The predicted octanol–water partition coefficient (Wildman–Crippen LogP) is 3.70. The molecule has 4 aromatic rings. The number of aromatic amines is 2. The van der Waals surface area contributed by atoms with Crippen molar-refractivity contribution < 1.29 is 9.84 Å². The van der Waals surface area contributed by atoms with Crippen LogP contribution in [0.1, 0.15) is 34.9 Å². The van der Waals surface area contributed by atoms with Gasteiger partial charge in [-0.25, -0.2) is 9.36 Å². The molecule has 0 saturated carbocycles. The molecule has 0 fully saturated rings. The first-order valence-electron chi connectivity index (χ1n) is 11.0. The van der Waals surface area contributed by atoms with Crippen molar-refractivity contribution >= 4 is 16.6 Å². The summed E-state index contributed by atoms with van der Waals surface area (Å²) in [5, 5.41) is 12.0. The van der Waals surface area contributed by atoms with Gasteiger partial charge < -0.3 is 14.8 Å². The molecule has 34 heavy (non-hydrogen) atoms. The minimum absolute atomic E-state index is 0.0184. The predicted molar refractivity (Wildman–Crippen MR) is 134 cm³/mol. The maximum Gasteiger partial charge on any atom is 0.335 e. The van der Waals surface area contributed by atoms with Crippen molar-refractivity contribution in [2.24, 2.45) is 4.99 Å². The molecule has 0 unspecified atom stereocenters. The second-order valence-corrected chi connectivity index (χ2v) is 8.42. The zero-order valence-corrected chi connectivity index (χ0v) is 19.9. The van der Waals surface area contributed by atoms with Gasteiger partial charge in [-0.3, -0.25) is 14.8 Å². The number of hydrogen-bond acceptors (Lipinski definition) is 5. The van der Waals surface area contributed by atoms with E-state index in [-0.39, 0.29) is 5.56 Å². The van der Waals surface area contributed by atoms with Crippen molar-refractivity contribution in [1.29, 1.82) is 0 Å². The molecule has 4 rings (SSSR count). The smallest absolute Gasteiger partial charge is 0.335 e. The fraction of sp³-hybridized carbons (Fsp3) is 0.269. The third-order valence-electron chi connectivity index (χ3n) is 6.23. The van der Waals surface area contributed by atoms with Crippen LogP contribution in [0, 0.1) is 20.8 Å². The lowest BCUT2D eigenvalue weighted by Crippen LogP contribution is -2.32. The summed E-state index contributed by atoms with van der Waals surface area (Å²) in [5.74, 6) is 0.351. The fourth-order valence-corrected chi connectivity index (χ4v) is 4.18. The van der Waals surface area contributed by atoms with Crippen molar-refractivity contribution in [3.63, 3.8) is 0 Å². The van der Waals surface area contributed by atoms with Crippen molar-refractivity contribution in [2.75, 3.05) is 13.7 Å². The minimum atomic E-state index is -0.703. The molecule has 0 spiro atoms. The van der Waals surface area contributed by atoms with Crippen molar-refractivity contribution in [3.05, 3.63) is 85.2 Å². The molecule has 0 aliphatic rings. The third kappa shape index (κ3) is 4.14. The van der Waals surface area contributed by atoms with E-state index in [0.717, 1.165) is 43.6 Å². The maximum atomic E-state index is 12.6. The van der Waals surface area contributed by atoms with Crippen molar-refractivity contribution in [3.8, 4) is 17.3 Å². The number of benzene rings is 2. The standard InChI is InChI=1S/C26H28N4O4/c1-14-6-7-18(12-15(14)2)30-25(32)23(24(31)29-26(30)33)17(4)27-11-10-20-16(3)28-22-9-8-19(34-5)13-21(20)22/h6-9,12-13,28,32H,10-11H2,1-5H3,(H,29,31,33). The molecule has 0 aliphatic heterocycles. The van der Waals surface area contributed by atoms with Crippen molar-refractivity contribution in [2.45, 2.75) is 34.1 Å². The fourth-order valence-electron chi connectivity index (χ4n) is 4.18. The number of rotatable bonds is 6. The van der Waals surface area contributed by atoms with E-state index in [2.05, 4.69) is 15.0 Å². The third-order valence-corrected chi connectivity index (χ3v) is 6.23. The maximum absolute atomic E-state index is 12.6. The van der Waals surface area contributed by atoms with Gasteiger partial charge in [0, 0.05) is 28.9 Å². The Labute approximate surface area is 196 Å². The number of methoxy groups -OCH3 is 1. The first kappa shape index (κ1) is 23.1. The van der Waals surface area contributed by atoms with Crippen LogP contribution in [0.15, 0.2) is 51.0 Å². The molecule has 2 heterocycles. The monoisotopic (exact) mass is 460 g/mol. The Kier molecular flexibility index (Phi) is 6.15. The highest BCUT2D eigenvalue weighted by Gasteiger charge is 2.18. The molecule has 8 heteroatoms. The van der Waals surface area contributed by atoms with Gasteiger partial charge in [0.1, 0.15) is 11.3 Å². The summed E-state index contributed by atoms with van der Waals surface area (Å²) in [6.07, 6.45) is 0.631. The van der Waals surface area contributed by atoms with Crippen molar-refractivity contribution in [1.82, 2.24) is 14.5 Å². The number of ether oxygens (including phenoxy) is 1. The van der Waals surface area contributed by atoms with Gasteiger partial charge in [0.15, 0.2) is 0 Å². The number of nitrogens with zero attached hydrogens (tertiary/aromatic N) is 2. The average molecular weight is 461 g/mol. The topological polar surface area (TPSA) is 112 Å². The molecule has 3 N–H and O–H groups in total. The molecule has 0 bridgehead atoms. The normalized spacial score (nSPS) is 11.9. The molecular formula is C26H28N4O4. The molecular weight excluding hydrogens is 432 g/mol. The first-order chi connectivity index (χ1) is 16.2. The van der Waals surface area contributed by atoms with E-state index in [4.69, 9.17) is 4.74 Å². The first-order valence-corrected chi connectivity index (χ1v) is 11.0. The van der Waals surface area contributed by atoms with Gasteiger partial charge in [-0.1, -0.05) is 6.07 Å². The van der Waals surface area contributed by atoms with Crippen LogP contribution in [0.4, 0.5) is 0 Å². The van der Waals surface area contributed by atoms with Crippen LogP contribution < -0.4 is 16.0 Å². The second kappa shape index (κ2) is 9.05. The van der Waals surface area contributed by atoms with Gasteiger partial charge in [0.05, 0.1) is 12.8 Å². The van der Waals surface area contributed by atoms with E-state index in [1.807, 2.05) is 45.0 Å². The number of aliphatic imine (C=N–C) groups is 1. The molecule has 0 radical (unpaired) electrons. The number of fused-ring (bicyclic) bond motifs is 1. The molecule has 0 atom stereocenters. The van der Waals surface area contributed by atoms with E-state index in [9.17, 15) is 14.7 Å². The van der Waals surface area contributed by atoms with Crippen LogP contribution in [0.5, 0.6) is 11.6 Å². The molecule has 0 amide bonds. The quantitative estimate of drug-likeness (QED) is 0.381. The van der Waals surface area contributed by atoms with Crippen LogP contribution in [0.3, 0.4) is 0 Å². The Bertz CT molecular complexity index is 1540. The van der Waals surface area contributed by atoms with E-state index in [1.165, 1.54) is 0 Å². The van der Waals surface area contributed by atoms with Gasteiger partial charge in [-0.2, -0.15) is 0 Å². The molecule has 2 aromatic heterocycles. The van der Waals surface area contributed by atoms with Gasteiger partial charge in [-0.05, 0) is 81.1 Å². The minimum Gasteiger partial charge on any atom is -0.497 e. The number of H-pyrrole nitrogens is 2. The van der Waals surface area contributed by atoms with Gasteiger partial charge in [0.25, 0.3) is 5.56 Å². The number of aromatic hydroxyl groups is 1. The Balaban J connectivity index is 1.68. The summed E-state index contributed by atoms with van der Waals surface area (Å²) in [4.78, 5) is 35.3. The van der Waals surface area contributed by atoms with Gasteiger partial charge >= 0.3 is 5.69 Å². The zero-order valence-electron chi connectivity index (χ0n) is 19.9. The summed E-state index contributed by atoms with van der Waals surface area (Å²) in [5.41, 5.74) is 4.63. The van der Waals surface area contributed by atoms with Crippen LogP contribution in [-0.4, -0.2) is 39.0 Å². The summed E-state index contributed by atoms with van der Waals surface area (Å²) in [6, 6.07) is 11.3. The highest BCUT2D eigenvalue weighted by Crippen LogP contribution is 2.27. The number of aromatic nitrogens is 3. The van der Waals surface area contributed by atoms with Crippen LogP contribution in [0.25, 0.3) is 16.6 Å². The molecule has 0 aliphatic carbocycles. The van der Waals surface area contributed by atoms with Crippen LogP contribution in [0.2, 0.25) is 0 Å². The summed E-state index contributed by atoms with van der Waals surface area (Å²) in [7, 11) is 1.63. The summed E-state index contributed by atoms with van der Waals surface area (Å²) >= 11 is 0. The Morgan fingerprint density at radius 2 is 1.82 bits per heavy atom. The second-order valence-electron chi connectivity index (χ2n) is 8.42. The summed E-state index contributed by atoms with van der Waals surface area (Å²) in [6.45, 7) is 7.95. The zero-order chi connectivity index (χ0) is 24.6.